The topological polar surface area (TPSA) is 62.0 Å². The maximum Gasteiger partial charge on any atom is 0.261 e. The predicted molar refractivity (Wildman–Crippen MR) is 104 cm³/mol. The molecule has 0 spiro atoms. The minimum absolute atomic E-state index is 0.0813. The number of fused-ring (bicyclic) bond motifs is 1. The quantitative estimate of drug-likeness (QED) is 0.579. The Hall–Kier alpha value is -3.66. The van der Waals surface area contributed by atoms with Crippen molar-refractivity contribution >= 4 is 22.4 Å². The molecule has 0 aliphatic carbocycles. The Kier molecular flexibility index (Phi) is 4.07. The van der Waals surface area contributed by atoms with Crippen LogP contribution in [0.2, 0.25) is 0 Å². The van der Waals surface area contributed by atoms with Crippen LogP contribution in [0.15, 0.2) is 89.7 Å². The van der Waals surface area contributed by atoms with Crippen LogP contribution in [0.1, 0.15) is 10.4 Å². The first-order valence-corrected chi connectivity index (χ1v) is 8.29. The first-order valence-electron chi connectivity index (χ1n) is 8.29. The van der Waals surface area contributed by atoms with Gasteiger partial charge in [0.1, 0.15) is 5.56 Å². The lowest BCUT2D eigenvalue weighted by atomic mass is 10.1. The molecule has 26 heavy (non-hydrogen) atoms. The van der Waals surface area contributed by atoms with Gasteiger partial charge in [0.2, 0.25) is 0 Å². The lowest BCUT2D eigenvalue weighted by Gasteiger charge is -2.07. The van der Waals surface area contributed by atoms with Crippen LogP contribution in [0.5, 0.6) is 0 Å². The number of aromatic amines is 1. The Morgan fingerprint density at radius 2 is 1.50 bits per heavy atom. The minimum atomic E-state index is -0.429. The van der Waals surface area contributed by atoms with Gasteiger partial charge in [0.15, 0.2) is 0 Å². The van der Waals surface area contributed by atoms with Crippen molar-refractivity contribution in [1.82, 2.24) is 4.98 Å². The Labute approximate surface area is 150 Å². The average Bonchev–Trinajstić information content (AvgIpc) is 2.68. The molecule has 3 aromatic carbocycles. The number of anilines is 1. The lowest BCUT2D eigenvalue weighted by molar-refractivity contribution is 0.102. The number of rotatable bonds is 3. The Morgan fingerprint density at radius 1 is 0.769 bits per heavy atom. The molecule has 2 N–H and O–H groups in total. The highest BCUT2D eigenvalue weighted by Gasteiger charge is 2.12. The first kappa shape index (κ1) is 15.8. The van der Waals surface area contributed by atoms with E-state index in [0.717, 1.165) is 16.3 Å². The van der Waals surface area contributed by atoms with E-state index in [-0.39, 0.29) is 5.56 Å². The van der Waals surface area contributed by atoms with Crippen molar-refractivity contribution in [3.63, 3.8) is 0 Å². The SMILES string of the molecule is O=C(Nc1ccc2ccccc2c1)c1ccc(-c2ccccc2)[nH]c1=O. The second-order valence-electron chi connectivity index (χ2n) is 6.00. The summed E-state index contributed by atoms with van der Waals surface area (Å²) in [6.45, 7) is 0. The van der Waals surface area contributed by atoms with E-state index in [4.69, 9.17) is 0 Å². The summed E-state index contributed by atoms with van der Waals surface area (Å²) >= 11 is 0. The molecular weight excluding hydrogens is 324 g/mol. The summed E-state index contributed by atoms with van der Waals surface area (Å²) in [6.07, 6.45) is 0. The third-order valence-corrected chi connectivity index (χ3v) is 4.25. The molecule has 0 aliphatic heterocycles. The number of pyridine rings is 1. The van der Waals surface area contributed by atoms with E-state index >= 15 is 0 Å². The van der Waals surface area contributed by atoms with Gasteiger partial charge in [-0.05, 0) is 40.6 Å². The molecule has 1 amide bonds. The largest absolute Gasteiger partial charge is 0.322 e. The van der Waals surface area contributed by atoms with Crippen LogP contribution in [0.25, 0.3) is 22.0 Å². The molecule has 0 atom stereocenters. The number of H-pyrrole nitrogens is 1. The maximum absolute atomic E-state index is 12.5. The summed E-state index contributed by atoms with van der Waals surface area (Å²) in [5, 5.41) is 4.91. The molecule has 1 aromatic heterocycles. The highest BCUT2D eigenvalue weighted by molar-refractivity contribution is 6.05. The zero-order chi connectivity index (χ0) is 17.9. The number of carbonyl (C=O) groups is 1. The number of benzene rings is 3. The minimum Gasteiger partial charge on any atom is -0.322 e. The fourth-order valence-electron chi connectivity index (χ4n) is 2.90. The summed E-state index contributed by atoms with van der Waals surface area (Å²) < 4.78 is 0. The van der Waals surface area contributed by atoms with E-state index in [1.165, 1.54) is 0 Å². The van der Waals surface area contributed by atoms with Crippen LogP contribution in [-0.4, -0.2) is 10.9 Å². The molecule has 4 rings (SSSR count). The van der Waals surface area contributed by atoms with Crippen LogP contribution in [0.3, 0.4) is 0 Å². The van der Waals surface area contributed by atoms with Crippen LogP contribution in [-0.2, 0) is 0 Å². The van der Waals surface area contributed by atoms with Gasteiger partial charge < -0.3 is 10.3 Å². The van der Waals surface area contributed by atoms with E-state index < -0.39 is 11.5 Å². The van der Waals surface area contributed by atoms with E-state index in [9.17, 15) is 9.59 Å². The van der Waals surface area contributed by atoms with E-state index in [1.807, 2.05) is 72.8 Å². The van der Waals surface area contributed by atoms with Crippen molar-refractivity contribution in [1.29, 1.82) is 0 Å². The molecule has 4 aromatic rings. The van der Waals surface area contributed by atoms with Crippen molar-refractivity contribution in [2.75, 3.05) is 5.32 Å². The summed E-state index contributed by atoms with van der Waals surface area (Å²) in [4.78, 5) is 27.6. The fourth-order valence-corrected chi connectivity index (χ4v) is 2.90. The third kappa shape index (κ3) is 3.13. The maximum atomic E-state index is 12.5. The molecule has 4 nitrogen and oxygen atoms in total. The molecular formula is C22H16N2O2. The van der Waals surface area contributed by atoms with E-state index in [0.29, 0.717) is 11.4 Å². The zero-order valence-electron chi connectivity index (χ0n) is 13.9. The van der Waals surface area contributed by atoms with Crippen molar-refractivity contribution in [3.05, 3.63) is 101 Å². The molecule has 0 saturated heterocycles. The molecule has 0 saturated carbocycles. The molecule has 0 aliphatic rings. The second-order valence-corrected chi connectivity index (χ2v) is 6.00. The van der Waals surface area contributed by atoms with Gasteiger partial charge in [-0.3, -0.25) is 9.59 Å². The number of nitrogens with one attached hydrogen (secondary N) is 2. The van der Waals surface area contributed by atoms with Crippen LogP contribution < -0.4 is 10.9 Å². The van der Waals surface area contributed by atoms with Gasteiger partial charge in [0, 0.05) is 11.4 Å². The monoisotopic (exact) mass is 340 g/mol. The third-order valence-electron chi connectivity index (χ3n) is 4.25. The van der Waals surface area contributed by atoms with Crippen LogP contribution in [0.4, 0.5) is 5.69 Å². The van der Waals surface area contributed by atoms with Gasteiger partial charge >= 0.3 is 0 Å². The normalized spacial score (nSPS) is 10.6. The van der Waals surface area contributed by atoms with Gasteiger partial charge in [-0.25, -0.2) is 0 Å². The Balaban J connectivity index is 1.60. The van der Waals surface area contributed by atoms with Crippen LogP contribution >= 0.6 is 0 Å². The molecule has 0 radical (unpaired) electrons. The van der Waals surface area contributed by atoms with E-state index in [1.54, 1.807) is 12.1 Å². The standard InChI is InChI=1S/C22H16N2O2/c25-21(23-18-11-10-15-6-4-5-9-17(15)14-18)19-12-13-20(24-22(19)26)16-7-2-1-3-8-16/h1-14H,(H,23,25)(H,24,26). The molecule has 1 heterocycles. The second kappa shape index (κ2) is 6.69. The fraction of sp³-hybridized carbons (Fsp3) is 0. The van der Waals surface area contributed by atoms with Crippen molar-refractivity contribution in [2.45, 2.75) is 0 Å². The smallest absolute Gasteiger partial charge is 0.261 e. The van der Waals surface area contributed by atoms with Crippen molar-refractivity contribution in [2.24, 2.45) is 0 Å². The predicted octanol–water partition coefficient (Wildman–Crippen LogP) is 4.45. The highest BCUT2D eigenvalue weighted by atomic mass is 16.2. The molecule has 0 bridgehead atoms. The van der Waals surface area contributed by atoms with E-state index in [2.05, 4.69) is 10.3 Å². The average molecular weight is 340 g/mol. The van der Waals surface area contributed by atoms with Crippen molar-refractivity contribution < 1.29 is 4.79 Å². The Bertz CT molecular complexity index is 1150. The number of hydrogen-bond acceptors (Lipinski definition) is 2. The van der Waals surface area contributed by atoms with Gasteiger partial charge in [-0.2, -0.15) is 0 Å². The lowest BCUT2D eigenvalue weighted by Crippen LogP contribution is -2.23. The molecule has 0 unspecified atom stereocenters. The molecule has 4 heteroatoms. The molecule has 0 fully saturated rings. The first-order chi connectivity index (χ1) is 12.7. The Morgan fingerprint density at radius 3 is 2.27 bits per heavy atom. The summed E-state index contributed by atoms with van der Waals surface area (Å²) in [6, 6.07) is 26.4. The number of hydrogen-bond donors (Lipinski definition) is 2. The summed E-state index contributed by atoms with van der Waals surface area (Å²) in [7, 11) is 0. The van der Waals surface area contributed by atoms with Gasteiger partial charge in [-0.15, -0.1) is 0 Å². The van der Waals surface area contributed by atoms with Gasteiger partial charge in [0.25, 0.3) is 11.5 Å². The van der Waals surface area contributed by atoms with Gasteiger partial charge in [-0.1, -0.05) is 60.7 Å². The van der Waals surface area contributed by atoms with Crippen LogP contribution in [0, 0.1) is 0 Å². The number of aromatic nitrogens is 1. The zero-order valence-corrected chi connectivity index (χ0v) is 13.9. The summed E-state index contributed by atoms with van der Waals surface area (Å²) in [5.41, 5.74) is 1.90. The number of carbonyl (C=O) groups excluding carboxylic acids is 1. The number of amides is 1. The highest BCUT2D eigenvalue weighted by Crippen LogP contribution is 2.19. The summed E-state index contributed by atoms with van der Waals surface area (Å²) in [5.74, 6) is -0.429. The van der Waals surface area contributed by atoms with Crippen molar-refractivity contribution in [3.8, 4) is 11.3 Å². The van der Waals surface area contributed by atoms with Gasteiger partial charge in [0.05, 0.1) is 0 Å². The molecule has 126 valence electrons.